The summed E-state index contributed by atoms with van der Waals surface area (Å²) in [6.07, 6.45) is 8.31. The Balaban J connectivity index is 2.44. The molecule has 0 aromatic rings. The molecule has 0 heteroatoms. The fourth-order valence-corrected chi connectivity index (χ4v) is 1.24. The quantitative estimate of drug-likeness (QED) is 0.469. The van der Waals surface area contributed by atoms with Gasteiger partial charge in [0.15, 0.2) is 0 Å². The normalized spacial score (nSPS) is 26.1. The van der Waals surface area contributed by atoms with Crippen molar-refractivity contribution in [1.82, 2.24) is 0 Å². The van der Waals surface area contributed by atoms with Crippen LogP contribution in [0.4, 0.5) is 0 Å². The summed E-state index contributed by atoms with van der Waals surface area (Å²) < 4.78 is 0. The third kappa shape index (κ3) is 1.70. The second-order valence-electron chi connectivity index (χ2n) is 2.83. The minimum atomic E-state index is 0.773. The van der Waals surface area contributed by atoms with Crippen LogP contribution in [0.1, 0.15) is 26.2 Å². The topological polar surface area (TPSA) is 0 Å². The number of hydrogen-bond donors (Lipinski definition) is 0. The van der Waals surface area contributed by atoms with Crippen LogP contribution >= 0.6 is 0 Å². The molecular weight excluding hydrogens is 108 g/mol. The van der Waals surface area contributed by atoms with Crippen molar-refractivity contribution in [2.24, 2.45) is 5.92 Å². The van der Waals surface area contributed by atoms with E-state index >= 15 is 0 Å². The molecular formula is C9H14. The third-order valence-electron chi connectivity index (χ3n) is 1.97. The Morgan fingerprint density at radius 3 is 2.67 bits per heavy atom. The van der Waals surface area contributed by atoms with Crippen LogP contribution in [0, 0.1) is 5.92 Å². The van der Waals surface area contributed by atoms with Crippen LogP contribution < -0.4 is 0 Å². The molecule has 0 fully saturated rings. The van der Waals surface area contributed by atoms with Gasteiger partial charge in [-0.2, -0.15) is 0 Å². The monoisotopic (exact) mass is 122 g/mol. The van der Waals surface area contributed by atoms with E-state index in [-0.39, 0.29) is 0 Å². The van der Waals surface area contributed by atoms with Gasteiger partial charge in [-0.3, -0.25) is 0 Å². The van der Waals surface area contributed by atoms with E-state index in [1.165, 1.54) is 24.8 Å². The van der Waals surface area contributed by atoms with Crippen molar-refractivity contribution in [3.63, 3.8) is 0 Å². The Labute approximate surface area is 57.3 Å². The molecule has 0 amide bonds. The van der Waals surface area contributed by atoms with Crippen molar-refractivity contribution in [3.05, 3.63) is 24.3 Å². The summed E-state index contributed by atoms with van der Waals surface area (Å²) >= 11 is 0. The number of allylic oxidation sites excluding steroid dienone is 3. The van der Waals surface area contributed by atoms with Gasteiger partial charge >= 0.3 is 0 Å². The lowest BCUT2D eigenvalue weighted by Gasteiger charge is -2.16. The maximum absolute atomic E-state index is 3.94. The first kappa shape index (κ1) is 6.60. The molecule has 1 rings (SSSR count). The van der Waals surface area contributed by atoms with Crippen molar-refractivity contribution in [2.75, 3.05) is 0 Å². The molecule has 0 aliphatic heterocycles. The van der Waals surface area contributed by atoms with Crippen LogP contribution in [0.2, 0.25) is 0 Å². The fraction of sp³-hybridized carbons (Fsp3) is 0.556. The van der Waals surface area contributed by atoms with Gasteiger partial charge in [0, 0.05) is 0 Å². The number of hydrogen-bond acceptors (Lipinski definition) is 0. The van der Waals surface area contributed by atoms with Gasteiger partial charge in [0.1, 0.15) is 0 Å². The molecule has 0 aromatic heterocycles. The minimum Gasteiger partial charge on any atom is -0.0998 e. The van der Waals surface area contributed by atoms with Gasteiger partial charge in [-0.15, -0.1) is 0 Å². The Bertz CT molecular complexity index is 131. The summed E-state index contributed by atoms with van der Waals surface area (Å²) in [5, 5.41) is 0. The van der Waals surface area contributed by atoms with Crippen molar-refractivity contribution >= 4 is 0 Å². The molecule has 0 bridgehead atoms. The van der Waals surface area contributed by atoms with Crippen LogP contribution in [0.25, 0.3) is 0 Å². The van der Waals surface area contributed by atoms with E-state index in [0.717, 1.165) is 5.92 Å². The summed E-state index contributed by atoms with van der Waals surface area (Å²) in [4.78, 5) is 0. The Kier molecular flexibility index (Phi) is 2.10. The van der Waals surface area contributed by atoms with Gasteiger partial charge in [-0.1, -0.05) is 24.3 Å². The first-order valence-corrected chi connectivity index (χ1v) is 3.61. The lowest BCUT2D eigenvalue weighted by molar-refractivity contribution is 0.555. The predicted molar refractivity (Wildman–Crippen MR) is 41.3 cm³/mol. The van der Waals surface area contributed by atoms with Gasteiger partial charge in [0.05, 0.1) is 0 Å². The summed E-state index contributed by atoms with van der Waals surface area (Å²) in [5.41, 5.74) is 1.35. The highest BCUT2D eigenvalue weighted by Crippen LogP contribution is 2.23. The van der Waals surface area contributed by atoms with E-state index in [1.807, 2.05) is 0 Å². The third-order valence-corrected chi connectivity index (χ3v) is 1.97. The average Bonchev–Trinajstić information content (AvgIpc) is 1.90. The maximum atomic E-state index is 3.94. The smallest absolute Gasteiger partial charge is 0.0171 e. The van der Waals surface area contributed by atoms with E-state index in [1.54, 1.807) is 0 Å². The first-order chi connectivity index (χ1) is 4.30. The summed E-state index contributed by atoms with van der Waals surface area (Å²) in [5.74, 6) is 0.773. The van der Waals surface area contributed by atoms with Gasteiger partial charge < -0.3 is 0 Å². The zero-order chi connectivity index (χ0) is 6.69. The molecule has 9 heavy (non-hydrogen) atoms. The highest BCUT2D eigenvalue weighted by molar-refractivity contribution is 5.03. The molecule has 0 spiro atoms. The predicted octanol–water partition coefficient (Wildman–Crippen LogP) is 2.92. The Morgan fingerprint density at radius 2 is 2.33 bits per heavy atom. The van der Waals surface area contributed by atoms with Gasteiger partial charge in [0.2, 0.25) is 0 Å². The Morgan fingerprint density at radius 1 is 1.56 bits per heavy atom. The van der Waals surface area contributed by atoms with Gasteiger partial charge in [-0.05, 0) is 32.1 Å². The Hall–Kier alpha value is -0.520. The fourth-order valence-electron chi connectivity index (χ4n) is 1.24. The van der Waals surface area contributed by atoms with E-state index in [2.05, 4.69) is 25.7 Å². The zero-order valence-electron chi connectivity index (χ0n) is 6.06. The molecule has 0 aromatic carbocycles. The standard InChI is InChI=1S/C9H14/c1-8(2)9-6-4-3-5-7-9/h3-4,9H,1,5-7H2,2H3/t9-/m1/s1. The molecule has 1 aliphatic carbocycles. The van der Waals surface area contributed by atoms with Crippen LogP contribution in [0.5, 0.6) is 0 Å². The first-order valence-electron chi connectivity index (χ1n) is 3.61. The van der Waals surface area contributed by atoms with Crippen molar-refractivity contribution in [2.45, 2.75) is 26.2 Å². The summed E-state index contributed by atoms with van der Waals surface area (Å²) in [6, 6.07) is 0. The summed E-state index contributed by atoms with van der Waals surface area (Å²) in [6.45, 7) is 6.07. The van der Waals surface area contributed by atoms with Crippen LogP contribution in [0.15, 0.2) is 24.3 Å². The SMILES string of the molecule is C=C(C)[C@@H]1CC=CCC1. The summed E-state index contributed by atoms with van der Waals surface area (Å²) in [7, 11) is 0. The van der Waals surface area contributed by atoms with Crippen molar-refractivity contribution < 1.29 is 0 Å². The average molecular weight is 122 g/mol. The molecule has 0 radical (unpaired) electrons. The maximum Gasteiger partial charge on any atom is -0.0171 e. The van der Waals surface area contributed by atoms with Crippen LogP contribution in [0.3, 0.4) is 0 Å². The molecule has 0 N–H and O–H groups in total. The van der Waals surface area contributed by atoms with Crippen LogP contribution in [-0.2, 0) is 0 Å². The lowest BCUT2D eigenvalue weighted by atomic mass is 9.89. The molecule has 1 aliphatic rings. The van der Waals surface area contributed by atoms with Crippen molar-refractivity contribution in [1.29, 1.82) is 0 Å². The highest BCUT2D eigenvalue weighted by Gasteiger charge is 2.08. The minimum absolute atomic E-state index is 0.773. The van der Waals surface area contributed by atoms with Crippen LogP contribution in [-0.4, -0.2) is 0 Å². The van der Waals surface area contributed by atoms with E-state index in [9.17, 15) is 0 Å². The zero-order valence-corrected chi connectivity index (χ0v) is 6.06. The molecule has 0 unspecified atom stereocenters. The van der Waals surface area contributed by atoms with E-state index < -0.39 is 0 Å². The van der Waals surface area contributed by atoms with E-state index in [0.29, 0.717) is 0 Å². The van der Waals surface area contributed by atoms with E-state index in [4.69, 9.17) is 0 Å². The van der Waals surface area contributed by atoms with Crippen molar-refractivity contribution in [3.8, 4) is 0 Å². The molecule has 0 saturated heterocycles. The molecule has 0 nitrogen and oxygen atoms in total. The lowest BCUT2D eigenvalue weighted by Crippen LogP contribution is -2.02. The van der Waals surface area contributed by atoms with Gasteiger partial charge in [0.25, 0.3) is 0 Å². The molecule has 0 saturated carbocycles. The molecule has 50 valence electrons. The molecule has 0 heterocycles. The second kappa shape index (κ2) is 2.86. The van der Waals surface area contributed by atoms with Gasteiger partial charge in [-0.25, -0.2) is 0 Å². The number of rotatable bonds is 1. The molecule has 1 atom stereocenters. The largest absolute Gasteiger partial charge is 0.0998 e. The highest BCUT2D eigenvalue weighted by atomic mass is 14.1. The second-order valence-corrected chi connectivity index (χ2v) is 2.83.